The SMILES string of the molecule is C=C/C=c1/cccc/c1=C(/C)Nc1ccc2ccccc2c1. The molecule has 0 aliphatic carbocycles. The molecule has 1 nitrogen and oxygen atoms in total. The lowest BCUT2D eigenvalue weighted by molar-refractivity contribution is 1.43. The fraction of sp³-hybridized carbons (Fsp3) is 0.0476. The van der Waals surface area contributed by atoms with Gasteiger partial charge in [-0.05, 0) is 35.0 Å². The first-order valence-corrected chi connectivity index (χ1v) is 7.42. The van der Waals surface area contributed by atoms with E-state index in [-0.39, 0.29) is 0 Å². The third-order valence-corrected chi connectivity index (χ3v) is 3.74. The fourth-order valence-electron chi connectivity index (χ4n) is 2.66. The first-order chi connectivity index (χ1) is 10.8. The zero-order chi connectivity index (χ0) is 15.4. The second-order valence-electron chi connectivity index (χ2n) is 5.30. The Bertz CT molecular complexity index is 935. The average molecular weight is 285 g/mol. The van der Waals surface area contributed by atoms with Crippen LogP contribution in [0.1, 0.15) is 6.92 Å². The third-order valence-electron chi connectivity index (χ3n) is 3.74. The summed E-state index contributed by atoms with van der Waals surface area (Å²) >= 11 is 0. The number of benzene rings is 3. The molecule has 1 heteroatoms. The number of hydrogen-bond donors (Lipinski definition) is 1. The first kappa shape index (κ1) is 14.2. The summed E-state index contributed by atoms with van der Waals surface area (Å²) in [6, 6.07) is 23.2. The molecule has 0 atom stereocenters. The van der Waals surface area contributed by atoms with Crippen molar-refractivity contribution in [2.45, 2.75) is 6.92 Å². The Morgan fingerprint density at radius 3 is 2.45 bits per heavy atom. The van der Waals surface area contributed by atoms with Crippen LogP contribution in [-0.2, 0) is 0 Å². The lowest BCUT2D eigenvalue weighted by atomic mass is 10.1. The molecular formula is C21H19N. The normalized spacial score (nSPS) is 13.0. The minimum absolute atomic E-state index is 1.10. The Morgan fingerprint density at radius 2 is 1.64 bits per heavy atom. The standard InChI is InChI=1S/C21H19N/c1-3-8-18-10-6-7-12-21(18)16(2)22-20-14-13-17-9-4-5-11-19(17)15-20/h3-15,22H,1H2,2H3/b18-8-,21-16+. The highest BCUT2D eigenvalue weighted by Gasteiger charge is 1.97. The molecular weight excluding hydrogens is 266 g/mol. The Kier molecular flexibility index (Phi) is 4.06. The van der Waals surface area contributed by atoms with Crippen LogP contribution in [0, 0.1) is 0 Å². The quantitative estimate of drug-likeness (QED) is 0.765. The maximum atomic E-state index is 3.79. The largest absolute Gasteiger partial charge is 0.359 e. The van der Waals surface area contributed by atoms with Gasteiger partial charge in [0.05, 0.1) is 0 Å². The van der Waals surface area contributed by atoms with Crippen LogP contribution in [0.3, 0.4) is 0 Å². The van der Waals surface area contributed by atoms with E-state index in [1.54, 1.807) is 0 Å². The predicted octanol–water partition coefficient (Wildman–Crippen LogP) is 4.05. The maximum absolute atomic E-state index is 3.79. The van der Waals surface area contributed by atoms with E-state index in [4.69, 9.17) is 0 Å². The van der Waals surface area contributed by atoms with Crippen molar-refractivity contribution < 1.29 is 0 Å². The highest BCUT2D eigenvalue weighted by Crippen LogP contribution is 2.19. The molecule has 0 heterocycles. The van der Waals surface area contributed by atoms with Gasteiger partial charge in [0, 0.05) is 16.6 Å². The molecule has 22 heavy (non-hydrogen) atoms. The van der Waals surface area contributed by atoms with Gasteiger partial charge in [-0.25, -0.2) is 0 Å². The fourth-order valence-corrected chi connectivity index (χ4v) is 2.66. The number of nitrogens with one attached hydrogen (secondary N) is 1. The molecule has 0 radical (unpaired) electrons. The van der Waals surface area contributed by atoms with Crippen LogP contribution in [0.15, 0.2) is 79.4 Å². The molecule has 108 valence electrons. The summed E-state index contributed by atoms with van der Waals surface area (Å²) in [4.78, 5) is 0. The van der Waals surface area contributed by atoms with Crippen molar-refractivity contribution in [3.05, 3.63) is 89.8 Å². The Labute approximate surface area is 130 Å². The molecule has 3 rings (SSSR count). The van der Waals surface area contributed by atoms with Crippen molar-refractivity contribution >= 4 is 28.2 Å². The van der Waals surface area contributed by atoms with Crippen LogP contribution in [-0.4, -0.2) is 0 Å². The van der Waals surface area contributed by atoms with E-state index < -0.39 is 0 Å². The predicted molar refractivity (Wildman–Crippen MR) is 97.0 cm³/mol. The lowest BCUT2D eigenvalue weighted by Gasteiger charge is -2.08. The summed E-state index contributed by atoms with van der Waals surface area (Å²) in [6.07, 6.45) is 3.85. The summed E-state index contributed by atoms with van der Waals surface area (Å²) in [6.45, 7) is 5.89. The summed E-state index contributed by atoms with van der Waals surface area (Å²) < 4.78 is 0. The van der Waals surface area contributed by atoms with E-state index in [0.29, 0.717) is 0 Å². The second-order valence-corrected chi connectivity index (χ2v) is 5.30. The van der Waals surface area contributed by atoms with Crippen LogP contribution >= 0.6 is 0 Å². The van der Waals surface area contributed by atoms with Gasteiger partial charge in [-0.2, -0.15) is 0 Å². The van der Waals surface area contributed by atoms with Crippen molar-refractivity contribution in [3.8, 4) is 0 Å². The first-order valence-electron chi connectivity index (χ1n) is 7.42. The summed E-state index contributed by atoms with van der Waals surface area (Å²) in [5.41, 5.74) is 2.23. The molecule has 0 fully saturated rings. The highest BCUT2D eigenvalue weighted by atomic mass is 14.9. The Balaban J connectivity index is 2.06. The van der Waals surface area contributed by atoms with Crippen LogP contribution in [0.2, 0.25) is 0 Å². The van der Waals surface area contributed by atoms with Crippen molar-refractivity contribution in [3.63, 3.8) is 0 Å². The zero-order valence-electron chi connectivity index (χ0n) is 12.7. The van der Waals surface area contributed by atoms with Gasteiger partial charge in [0.2, 0.25) is 0 Å². The van der Waals surface area contributed by atoms with E-state index in [1.807, 2.05) is 18.2 Å². The second kappa shape index (κ2) is 6.31. The molecule has 0 saturated carbocycles. The van der Waals surface area contributed by atoms with Gasteiger partial charge in [0.25, 0.3) is 0 Å². The molecule has 3 aromatic rings. The molecule has 1 N–H and O–H groups in total. The molecule has 0 aromatic heterocycles. The van der Waals surface area contributed by atoms with Crippen molar-refractivity contribution in [1.29, 1.82) is 0 Å². The van der Waals surface area contributed by atoms with Gasteiger partial charge in [0.15, 0.2) is 0 Å². The summed E-state index contributed by atoms with van der Waals surface area (Å²) in [5, 5.41) is 8.37. The van der Waals surface area contributed by atoms with Crippen molar-refractivity contribution in [1.82, 2.24) is 0 Å². The summed E-state index contributed by atoms with van der Waals surface area (Å²) in [5.74, 6) is 0. The van der Waals surface area contributed by atoms with Gasteiger partial charge in [0.1, 0.15) is 0 Å². The molecule has 0 amide bonds. The molecule has 0 unspecified atom stereocenters. The maximum Gasteiger partial charge on any atom is 0.0388 e. The topological polar surface area (TPSA) is 12.0 Å². The number of allylic oxidation sites excluding steroid dienone is 1. The minimum atomic E-state index is 1.10. The number of anilines is 1. The van der Waals surface area contributed by atoms with Gasteiger partial charge in [-0.3, -0.25) is 0 Å². The molecule has 0 aliphatic heterocycles. The number of fused-ring (bicyclic) bond motifs is 1. The van der Waals surface area contributed by atoms with Gasteiger partial charge in [-0.1, -0.05) is 73.3 Å². The van der Waals surface area contributed by atoms with Crippen LogP contribution in [0.5, 0.6) is 0 Å². The van der Waals surface area contributed by atoms with E-state index in [9.17, 15) is 0 Å². The van der Waals surface area contributed by atoms with E-state index in [2.05, 4.69) is 79.5 Å². The monoisotopic (exact) mass is 285 g/mol. The van der Waals surface area contributed by atoms with E-state index in [1.165, 1.54) is 21.2 Å². The number of rotatable bonds is 3. The van der Waals surface area contributed by atoms with Gasteiger partial charge in [-0.15, -0.1) is 0 Å². The molecule has 0 aliphatic rings. The van der Waals surface area contributed by atoms with Crippen LogP contribution < -0.4 is 15.8 Å². The number of hydrogen-bond acceptors (Lipinski definition) is 1. The Hall–Kier alpha value is -2.80. The smallest absolute Gasteiger partial charge is 0.0388 e. The molecule has 3 aromatic carbocycles. The highest BCUT2D eigenvalue weighted by molar-refractivity contribution is 5.86. The average Bonchev–Trinajstić information content (AvgIpc) is 2.55. The van der Waals surface area contributed by atoms with Gasteiger partial charge >= 0.3 is 0 Å². The zero-order valence-corrected chi connectivity index (χ0v) is 12.7. The lowest BCUT2D eigenvalue weighted by Crippen LogP contribution is -2.27. The van der Waals surface area contributed by atoms with E-state index in [0.717, 1.165) is 11.4 Å². The Morgan fingerprint density at radius 1 is 0.909 bits per heavy atom. The van der Waals surface area contributed by atoms with Crippen molar-refractivity contribution in [2.75, 3.05) is 5.32 Å². The third kappa shape index (κ3) is 2.94. The minimum Gasteiger partial charge on any atom is -0.359 e. The molecule has 0 bridgehead atoms. The van der Waals surface area contributed by atoms with Crippen molar-refractivity contribution in [2.24, 2.45) is 0 Å². The van der Waals surface area contributed by atoms with Crippen LogP contribution in [0.25, 0.3) is 22.5 Å². The van der Waals surface area contributed by atoms with Gasteiger partial charge < -0.3 is 5.32 Å². The van der Waals surface area contributed by atoms with E-state index >= 15 is 0 Å². The molecule has 0 spiro atoms. The van der Waals surface area contributed by atoms with Crippen LogP contribution in [0.4, 0.5) is 5.69 Å². The summed E-state index contributed by atoms with van der Waals surface area (Å²) in [7, 11) is 0. The molecule has 0 saturated heterocycles.